The molecule has 0 fully saturated rings. The molecule has 0 aliphatic carbocycles. The van der Waals surface area contributed by atoms with Gasteiger partial charge in [0.25, 0.3) is 5.91 Å². The number of halogens is 1. The summed E-state index contributed by atoms with van der Waals surface area (Å²) in [5, 5.41) is 3.65. The molecule has 0 bridgehead atoms. The number of benzene rings is 2. The van der Waals surface area contributed by atoms with Crippen LogP contribution in [0.1, 0.15) is 18.5 Å². The first kappa shape index (κ1) is 18.1. The van der Waals surface area contributed by atoms with E-state index in [9.17, 15) is 4.79 Å². The molecule has 7 heteroatoms. The smallest absolute Gasteiger partial charge is 0.258 e. The van der Waals surface area contributed by atoms with Crippen LogP contribution in [-0.4, -0.2) is 29.6 Å². The highest BCUT2D eigenvalue weighted by atomic mass is 79.9. The molecule has 1 unspecified atom stereocenters. The lowest BCUT2D eigenvalue weighted by atomic mass is 10.1. The molecule has 3 rings (SSSR count). The summed E-state index contributed by atoms with van der Waals surface area (Å²) in [4.78, 5) is 20.6. The molecule has 0 saturated carbocycles. The number of methoxy groups -OCH3 is 1. The van der Waals surface area contributed by atoms with Gasteiger partial charge in [-0.25, -0.2) is 9.97 Å². The number of nitrogens with one attached hydrogen (secondary N) is 1. The zero-order valence-corrected chi connectivity index (χ0v) is 16.0. The van der Waals surface area contributed by atoms with E-state index in [-0.39, 0.29) is 18.6 Å². The summed E-state index contributed by atoms with van der Waals surface area (Å²) in [7, 11) is 1.61. The van der Waals surface area contributed by atoms with Gasteiger partial charge in [0.15, 0.2) is 6.61 Å². The molecule has 3 aromatic rings. The first-order chi connectivity index (χ1) is 12.6. The second-order valence-electron chi connectivity index (χ2n) is 5.66. The number of ether oxygens (including phenoxy) is 2. The third-order valence-electron chi connectivity index (χ3n) is 3.88. The zero-order chi connectivity index (χ0) is 18.5. The van der Waals surface area contributed by atoms with Crippen molar-refractivity contribution in [2.45, 2.75) is 13.0 Å². The number of aromatic nitrogens is 2. The van der Waals surface area contributed by atoms with Crippen LogP contribution in [0.3, 0.4) is 0 Å². The molecule has 1 amide bonds. The first-order valence-electron chi connectivity index (χ1n) is 8.04. The summed E-state index contributed by atoms with van der Waals surface area (Å²) in [6, 6.07) is 13.0. The highest BCUT2D eigenvalue weighted by Crippen LogP contribution is 2.26. The topological polar surface area (TPSA) is 73.3 Å². The Balaban J connectivity index is 1.67. The largest absolute Gasteiger partial charge is 0.496 e. The average Bonchev–Trinajstić information content (AvgIpc) is 2.66. The second-order valence-corrected chi connectivity index (χ2v) is 6.58. The van der Waals surface area contributed by atoms with Gasteiger partial charge in [-0.2, -0.15) is 0 Å². The third kappa shape index (κ3) is 4.11. The minimum Gasteiger partial charge on any atom is -0.496 e. The van der Waals surface area contributed by atoms with Gasteiger partial charge in [-0.3, -0.25) is 4.79 Å². The van der Waals surface area contributed by atoms with Crippen molar-refractivity contribution in [3.63, 3.8) is 0 Å². The van der Waals surface area contributed by atoms with Gasteiger partial charge in [-0.15, -0.1) is 0 Å². The number of nitrogens with zero attached hydrogens (tertiary/aromatic N) is 2. The van der Waals surface area contributed by atoms with Crippen LogP contribution in [0.5, 0.6) is 11.6 Å². The third-order valence-corrected chi connectivity index (χ3v) is 4.38. The highest BCUT2D eigenvalue weighted by molar-refractivity contribution is 9.10. The maximum atomic E-state index is 12.3. The Morgan fingerprint density at radius 2 is 2.04 bits per heavy atom. The fraction of sp³-hybridized carbons (Fsp3) is 0.211. The zero-order valence-electron chi connectivity index (χ0n) is 14.4. The van der Waals surface area contributed by atoms with E-state index >= 15 is 0 Å². The van der Waals surface area contributed by atoms with E-state index in [1.807, 2.05) is 49.4 Å². The van der Waals surface area contributed by atoms with Crippen LogP contribution in [0.2, 0.25) is 0 Å². The number of hydrogen-bond acceptors (Lipinski definition) is 5. The van der Waals surface area contributed by atoms with E-state index in [2.05, 4.69) is 31.2 Å². The molecule has 6 nitrogen and oxygen atoms in total. The summed E-state index contributed by atoms with van der Waals surface area (Å²) in [6.45, 7) is 1.76. The van der Waals surface area contributed by atoms with Crippen LogP contribution in [0.15, 0.2) is 53.3 Å². The molecule has 1 N–H and O–H groups in total. The number of fused-ring (bicyclic) bond motifs is 1. The van der Waals surface area contributed by atoms with Gasteiger partial charge in [0.2, 0.25) is 5.88 Å². The van der Waals surface area contributed by atoms with Crippen LogP contribution in [0.25, 0.3) is 10.9 Å². The van der Waals surface area contributed by atoms with Crippen LogP contribution >= 0.6 is 15.9 Å². The standard InChI is InChI=1S/C19H18BrN3O3/c1-12(14-5-3-4-6-17(14)25-2)23-18(24)10-26-19-15-9-13(20)7-8-16(15)21-11-22-19/h3-9,11-12H,10H2,1-2H3,(H,23,24). The predicted octanol–water partition coefficient (Wildman–Crippen LogP) is 3.66. The number of rotatable bonds is 6. The van der Waals surface area contributed by atoms with Crippen molar-refractivity contribution in [3.05, 3.63) is 58.8 Å². The van der Waals surface area contributed by atoms with Crippen molar-refractivity contribution >= 4 is 32.7 Å². The minimum atomic E-state index is -0.245. The molecular weight excluding hydrogens is 398 g/mol. The fourth-order valence-electron chi connectivity index (χ4n) is 2.64. The minimum absolute atomic E-state index is 0.141. The van der Waals surface area contributed by atoms with Crippen molar-refractivity contribution in [1.29, 1.82) is 0 Å². The van der Waals surface area contributed by atoms with Gasteiger partial charge in [0.05, 0.1) is 24.1 Å². The maximum absolute atomic E-state index is 12.3. The van der Waals surface area contributed by atoms with Gasteiger partial charge in [0, 0.05) is 10.0 Å². The second kappa shape index (κ2) is 8.14. The first-order valence-corrected chi connectivity index (χ1v) is 8.83. The van der Waals surface area contributed by atoms with Crippen LogP contribution in [0.4, 0.5) is 0 Å². The lowest BCUT2D eigenvalue weighted by Crippen LogP contribution is -2.31. The van der Waals surface area contributed by atoms with Crippen molar-refractivity contribution in [2.24, 2.45) is 0 Å². The lowest BCUT2D eigenvalue weighted by Gasteiger charge is -2.17. The molecule has 26 heavy (non-hydrogen) atoms. The van der Waals surface area contributed by atoms with E-state index in [0.717, 1.165) is 26.7 Å². The van der Waals surface area contributed by atoms with E-state index in [1.165, 1.54) is 6.33 Å². The van der Waals surface area contributed by atoms with Crippen LogP contribution < -0.4 is 14.8 Å². The number of carbonyl (C=O) groups is 1. The SMILES string of the molecule is COc1ccccc1C(C)NC(=O)COc1ncnc2ccc(Br)cc12. The van der Waals surface area contributed by atoms with Crippen LogP contribution in [-0.2, 0) is 4.79 Å². The van der Waals surface area contributed by atoms with Crippen molar-refractivity contribution in [1.82, 2.24) is 15.3 Å². The van der Waals surface area contributed by atoms with E-state index in [4.69, 9.17) is 9.47 Å². The molecule has 0 aliphatic rings. The molecule has 0 spiro atoms. The predicted molar refractivity (Wildman–Crippen MR) is 102 cm³/mol. The molecule has 1 atom stereocenters. The summed E-state index contributed by atoms with van der Waals surface area (Å²) < 4.78 is 11.8. The maximum Gasteiger partial charge on any atom is 0.258 e. The van der Waals surface area contributed by atoms with Gasteiger partial charge in [-0.1, -0.05) is 34.1 Å². The lowest BCUT2D eigenvalue weighted by molar-refractivity contribution is -0.123. The molecule has 2 aromatic carbocycles. The molecule has 0 aliphatic heterocycles. The monoisotopic (exact) mass is 415 g/mol. The van der Waals surface area contributed by atoms with Crippen molar-refractivity contribution in [2.75, 3.05) is 13.7 Å². The normalized spacial score (nSPS) is 11.8. The summed E-state index contributed by atoms with van der Waals surface area (Å²) in [5.41, 5.74) is 1.65. The van der Waals surface area contributed by atoms with Gasteiger partial charge in [-0.05, 0) is 31.2 Å². The summed E-state index contributed by atoms with van der Waals surface area (Å²) >= 11 is 3.42. The summed E-state index contributed by atoms with van der Waals surface area (Å²) in [5.74, 6) is 0.856. The number of hydrogen-bond donors (Lipinski definition) is 1. The van der Waals surface area contributed by atoms with Gasteiger partial charge in [0.1, 0.15) is 12.1 Å². The Labute approximate surface area is 159 Å². The molecule has 0 saturated heterocycles. The average molecular weight is 416 g/mol. The van der Waals surface area contributed by atoms with E-state index in [0.29, 0.717) is 5.88 Å². The number of para-hydroxylation sites is 1. The highest BCUT2D eigenvalue weighted by Gasteiger charge is 2.15. The molecular formula is C19H18BrN3O3. The van der Waals surface area contributed by atoms with Crippen LogP contribution in [0, 0.1) is 0 Å². The molecule has 1 aromatic heterocycles. The molecule has 1 heterocycles. The number of carbonyl (C=O) groups excluding carboxylic acids is 1. The van der Waals surface area contributed by atoms with Crippen molar-refractivity contribution < 1.29 is 14.3 Å². The Kier molecular flexibility index (Phi) is 5.68. The van der Waals surface area contributed by atoms with E-state index < -0.39 is 0 Å². The van der Waals surface area contributed by atoms with E-state index in [1.54, 1.807) is 7.11 Å². The Morgan fingerprint density at radius 1 is 1.23 bits per heavy atom. The van der Waals surface area contributed by atoms with Gasteiger partial charge < -0.3 is 14.8 Å². The quantitative estimate of drug-likeness (QED) is 0.664. The van der Waals surface area contributed by atoms with Crippen molar-refractivity contribution in [3.8, 4) is 11.6 Å². The Bertz CT molecular complexity index is 933. The number of amides is 1. The van der Waals surface area contributed by atoms with Gasteiger partial charge >= 0.3 is 0 Å². The Hall–Kier alpha value is -2.67. The molecule has 0 radical (unpaired) electrons. The summed E-state index contributed by atoms with van der Waals surface area (Å²) in [6.07, 6.45) is 1.42. The fourth-order valence-corrected chi connectivity index (χ4v) is 3.00. The Morgan fingerprint density at radius 3 is 2.85 bits per heavy atom. The molecule has 134 valence electrons.